The van der Waals surface area contributed by atoms with E-state index in [4.69, 9.17) is 4.18 Å². The Labute approximate surface area is 243 Å². The molecule has 0 aromatic heterocycles. The molecule has 0 saturated carbocycles. The Bertz CT molecular complexity index is 1800. The van der Waals surface area contributed by atoms with Crippen molar-refractivity contribution in [2.75, 3.05) is 5.32 Å². The highest BCUT2D eigenvalue weighted by Gasteiger charge is 2.36. The van der Waals surface area contributed by atoms with Crippen molar-refractivity contribution in [1.82, 2.24) is 4.90 Å². The van der Waals surface area contributed by atoms with Crippen LogP contribution in [0, 0.1) is 0 Å². The lowest BCUT2D eigenvalue weighted by atomic mass is 10.0. The maximum atomic E-state index is 13.3. The van der Waals surface area contributed by atoms with Crippen LogP contribution in [-0.2, 0) is 26.3 Å². The zero-order valence-electron chi connectivity index (χ0n) is 21.0. The van der Waals surface area contributed by atoms with E-state index in [2.05, 4.69) is 21.2 Å². The van der Waals surface area contributed by atoms with Gasteiger partial charge >= 0.3 is 10.1 Å². The van der Waals surface area contributed by atoms with E-state index in [1.54, 1.807) is 18.2 Å². The van der Waals surface area contributed by atoms with Crippen molar-refractivity contribution in [3.63, 3.8) is 0 Å². The smallest absolute Gasteiger partial charge is 0.339 e. The fourth-order valence-electron chi connectivity index (χ4n) is 4.14. The summed E-state index contributed by atoms with van der Waals surface area (Å²) >= 11 is 4.23. The van der Waals surface area contributed by atoms with Crippen LogP contribution in [0.1, 0.15) is 18.1 Å². The van der Waals surface area contributed by atoms with Crippen LogP contribution >= 0.6 is 27.7 Å². The van der Waals surface area contributed by atoms with Crippen molar-refractivity contribution in [3.8, 4) is 5.75 Å². The summed E-state index contributed by atoms with van der Waals surface area (Å²) < 4.78 is 32.7. The van der Waals surface area contributed by atoms with E-state index < -0.39 is 21.3 Å². The summed E-state index contributed by atoms with van der Waals surface area (Å²) in [6.45, 7) is 1.44. The zero-order chi connectivity index (χ0) is 28.4. The van der Waals surface area contributed by atoms with E-state index in [1.165, 1.54) is 43.3 Å². The van der Waals surface area contributed by atoms with Crippen LogP contribution in [0.5, 0.6) is 5.75 Å². The van der Waals surface area contributed by atoms with Crippen molar-refractivity contribution in [2.45, 2.75) is 18.4 Å². The van der Waals surface area contributed by atoms with Gasteiger partial charge in [0.15, 0.2) is 5.75 Å². The fraction of sp³-hybridized carbons (Fsp3) is 0.0690. The molecule has 4 aromatic carbocycles. The minimum atomic E-state index is -4.28. The maximum absolute atomic E-state index is 13.3. The lowest BCUT2D eigenvalue weighted by Gasteiger charge is -2.14. The number of imide groups is 1. The molecular weight excluding hydrogens is 616 g/mol. The molecule has 3 amide bonds. The number of amides is 3. The molecule has 1 fully saturated rings. The number of nitrogens with zero attached hydrogens (tertiary/aromatic N) is 1. The van der Waals surface area contributed by atoms with Crippen molar-refractivity contribution >= 4 is 77.4 Å². The molecule has 1 aliphatic rings. The first-order valence-electron chi connectivity index (χ1n) is 11.9. The molecule has 0 unspecified atom stereocenters. The van der Waals surface area contributed by atoms with E-state index in [0.29, 0.717) is 16.6 Å². The summed E-state index contributed by atoms with van der Waals surface area (Å²) in [6.07, 6.45) is 1.50. The summed E-state index contributed by atoms with van der Waals surface area (Å²) in [5.41, 5.74) is 1.56. The van der Waals surface area contributed by atoms with Gasteiger partial charge in [-0.15, -0.1) is 0 Å². The van der Waals surface area contributed by atoms with E-state index >= 15 is 0 Å². The van der Waals surface area contributed by atoms with Crippen molar-refractivity contribution in [2.24, 2.45) is 0 Å². The molecule has 1 aliphatic heterocycles. The maximum Gasteiger partial charge on any atom is 0.339 e. The number of benzene rings is 4. The van der Waals surface area contributed by atoms with Gasteiger partial charge in [0.05, 0.1) is 11.4 Å². The average Bonchev–Trinajstić information content (AvgIpc) is 3.18. The molecule has 1 N–H and O–H groups in total. The Morgan fingerprint density at radius 1 is 0.975 bits per heavy atom. The van der Waals surface area contributed by atoms with Gasteiger partial charge in [0.25, 0.3) is 11.1 Å². The number of hydrogen-bond acceptors (Lipinski definition) is 7. The molecule has 0 bridgehead atoms. The predicted molar refractivity (Wildman–Crippen MR) is 158 cm³/mol. The van der Waals surface area contributed by atoms with Crippen molar-refractivity contribution in [3.05, 3.63) is 105 Å². The molecule has 4 aromatic rings. The monoisotopic (exact) mass is 636 g/mol. The molecule has 1 saturated heterocycles. The van der Waals surface area contributed by atoms with E-state index in [-0.39, 0.29) is 28.0 Å². The largest absolute Gasteiger partial charge is 0.378 e. The number of fused-ring (bicyclic) bond motifs is 1. The van der Waals surface area contributed by atoms with E-state index in [0.717, 1.165) is 32.1 Å². The van der Waals surface area contributed by atoms with E-state index in [1.807, 2.05) is 36.4 Å². The Morgan fingerprint density at radius 3 is 2.40 bits per heavy atom. The number of carbonyl (C=O) groups is 3. The molecular formula is C29H21BrN2O6S2. The normalized spacial score (nSPS) is 14.7. The van der Waals surface area contributed by atoms with Gasteiger partial charge in [0.2, 0.25) is 5.91 Å². The molecule has 0 radical (unpaired) electrons. The highest BCUT2D eigenvalue weighted by Crippen LogP contribution is 2.38. The van der Waals surface area contributed by atoms with Gasteiger partial charge in [0.1, 0.15) is 4.90 Å². The summed E-state index contributed by atoms with van der Waals surface area (Å²) in [7, 11) is -4.28. The third-order valence-corrected chi connectivity index (χ3v) is 8.96. The van der Waals surface area contributed by atoms with Crippen LogP contribution < -0.4 is 9.50 Å². The second kappa shape index (κ2) is 11.3. The third kappa shape index (κ3) is 5.81. The number of carbonyl (C=O) groups excluding carboxylic acids is 3. The van der Waals surface area contributed by atoms with E-state index in [9.17, 15) is 22.8 Å². The second-order valence-electron chi connectivity index (χ2n) is 8.80. The average molecular weight is 638 g/mol. The summed E-state index contributed by atoms with van der Waals surface area (Å²) in [5.74, 6) is -0.767. The molecule has 8 nitrogen and oxygen atoms in total. The Hall–Kier alpha value is -3.93. The number of thioether (sulfide) groups is 1. The summed E-state index contributed by atoms with van der Waals surface area (Å²) in [4.78, 5) is 38.6. The Balaban J connectivity index is 1.51. The number of anilines is 1. The van der Waals surface area contributed by atoms with Crippen molar-refractivity contribution in [1.29, 1.82) is 0 Å². The van der Waals surface area contributed by atoms with Crippen LogP contribution in [0.2, 0.25) is 0 Å². The minimum absolute atomic E-state index is 0.00207. The number of halogens is 1. The van der Waals surface area contributed by atoms with Gasteiger partial charge in [-0.1, -0.05) is 64.5 Å². The zero-order valence-corrected chi connectivity index (χ0v) is 24.2. The highest BCUT2D eigenvalue weighted by molar-refractivity contribution is 9.10. The van der Waals surface area contributed by atoms with Gasteiger partial charge in [-0.25, -0.2) is 0 Å². The predicted octanol–water partition coefficient (Wildman–Crippen LogP) is 6.56. The topological polar surface area (TPSA) is 110 Å². The van der Waals surface area contributed by atoms with Crippen LogP contribution in [0.3, 0.4) is 0 Å². The first-order chi connectivity index (χ1) is 19.1. The molecule has 0 atom stereocenters. The molecule has 40 heavy (non-hydrogen) atoms. The molecule has 1 heterocycles. The minimum Gasteiger partial charge on any atom is -0.378 e. The third-order valence-electron chi connectivity index (χ3n) is 6.03. The van der Waals surface area contributed by atoms with Crippen LogP contribution in [0.15, 0.2) is 99.2 Å². The van der Waals surface area contributed by atoms with Gasteiger partial charge < -0.3 is 9.50 Å². The summed E-state index contributed by atoms with van der Waals surface area (Å²) in [5, 5.41) is 3.60. The van der Waals surface area contributed by atoms with Gasteiger partial charge in [-0.05, 0) is 70.6 Å². The van der Waals surface area contributed by atoms with Crippen molar-refractivity contribution < 1.29 is 27.0 Å². The molecule has 202 valence electrons. The molecule has 5 rings (SSSR count). The quantitative estimate of drug-likeness (QED) is 0.181. The lowest BCUT2D eigenvalue weighted by Crippen LogP contribution is -2.27. The molecule has 11 heteroatoms. The SMILES string of the molecule is CC(=O)Nc1ccc(S(=O)(=O)Oc2ccc3ccccc3c2/C=C2\SC(=O)N(Cc3ccccc3Br)C2=O)cc1. The number of hydrogen-bond donors (Lipinski definition) is 1. The van der Waals surface area contributed by atoms with Gasteiger partial charge in [0, 0.05) is 22.6 Å². The first-order valence-corrected chi connectivity index (χ1v) is 15.0. The standard InChI is InChI=1S/C29H21BrN2O6S2/c1-18(33)31-21-11-13-22(14-12-21)40(36,37)38-26-15-10-19-6-2-4-8-23(19)24(26)16-27-28(34)32(29(35)39-27)17-20-7-3-5-9-25(20)30/h2-16H,17H2,1H3,(H,31,33)/b27-16-. The molecule has 0 aliphatic carbocycles. The van der Waals surface area contributed by atoms with Crippen LogP contribution in [-0.4, -0.2) is 30.4 Å². The Kier molecular flexibility index (Phi) is 7.79. The lowest BCUT2D eigenvalue weighted by molar-refractivity contribution is -0.123. The number of nitrogens with one attached hydrogen (secondary N) is 1. The van der Waals surface area contributed by atoms with Crippen LogP contribution in [0.25, 0.3) is 16.8 Å². The van der Waals surface area contributed by atoms with Gasteiger partial charge in [-0.2, -0.15) is 8.42 Å². The van der Waals surface area contributed by atoms with Crippen LogP contribution in [0.4, 0.5) is 10.5 Å². The fourth-order valence-corrected chi connectivity index (χ4v) is 6.31. The number of rotatable bonds is 7. The Morgan fingerprint density at radius 2 is 1.68 bits per heavy atom. The summed E-state index contributed by atoms with van der Waals surface area (Å²) in [6, 6.07) is 23.4. The first kappa shape index (κ1) is 27.6. The second-order valence-corrected chi connectivity index (χ2v) is 12.2. The molecule has 0 spiro atoms. The highest BCUT2D eigenvalue weighted by atomic mass is 79.9. The van der Waals surface area contributed by atoms with Gasteiger partial charge in [-0.3, -0.25) is 19.3 Å².